The Balaban J connectivity index is 0.000000848. The van der Waals surface area contributed by atoms with Crippen LogP contribution in [-0.2, 0) is 118 Å². The first-order valence-electron chi connectivity index (χ1n) is 17.7. The summed E-state index contributed by atoms with van der Waals surface area (Å²) in [6.07, 6.45) is 7.44. The van der Waals surface area contributed by atoms with Gasteiger partial charge in [-0.25, -0.2) is 0 Å². The van der Waals surface area contributed by atoms with Crippen molar-refractivity contribution in [2.45, 2.75) is 107 Å². The molecule has 0 heterocycles. The fourth-order valence-electron chi connectivity index (χ4n) is 6.61. The first kappa shape index (κ1) is 50.8. The summed E-state index contributed by atoms with van der Waals surface area (Å²) in [6.45, 7) is 22.2. The van der Waals surface area contributed by atoms with Crippen molar-refractivity contribution in [1.82, 2.24) is 0 Å². The standard InChI is InChI=1S/2C22H25.C2H6Si.4Zr/c2*1-5-6-8-18-13-19-9-7-10-21(22(19)14-18)20-12-11-15(2)16(3)17(20)4;1-3-2;;;;/h2*7,9-14H,5-6,8H2,1-4H3;1-2H3;;;;/q2*-1;;;;;. The van der Waals surface area contributed by atoms with Crippen molar-refractivity contribution < 1.29 is 105 Å². The van der Waals surface area contributed by atoms with Gasteiger partial charge in [-0.1, -0.05) is 100 Å². The largest absolute Gasteiger partial charge is 0.164 e. The Bertz CT molecular complexity index is 1790. The van der Waals surface area contributed by atoms with Crippen LogP contribution >= 0.6 is 0 Å². The zero-order valence-electron chi connectivity index (χ0n) is 32.8. The Kier molecular flexibility index (Phi) is 25.0. The average molecular weight is 1000 g/mol. The van der Waals surface area contributed by atoms with E-state index in [4.69, 9.17) is 0 Å². The van der Waals surface area contributed by atoms with Crippen LogP contribution in [0.25, 0.3) is 43.8 Å². The molecule has 6 rings (SSSR count). The summed E-state index contributed by atoms with van der Waals surface area (Å²) < 4.78 is 0. The zero-order chi connectivity index (χ0) is 34.1. The van der Waals surface area contributed by atoms with Crippen LogP contribution in [0.15, 0.2) is 84.9 Å². The van der Waals surface area contributed by atoms with Crippen molar-refractivity contribution in [3.63, 3.8) is 0 Å². The fourth-order valence-corrected chi connectivity index (χ4v) is 6.61. The smallest absolute Gasteiger partial charge is 0.0307 e. The van der Waals surface area contributed by atoms with Gasteiger partial charge in [-0.15, -0.1) is 69.1 Å². The number of hydrogen-bond donors (Lipinski definition) is 0. The van der Waals surface area contributed by atoms with Crippen LogP contribution in [0.2, 0.25) is 13.1 Å². The molecule has 6 aromatic rings. The number of aryl methyl sites for hydroxylation is 4. The van der Waals surface area contributed by atoms with Crippen LogP contribution < -0.4 is 0 Å². The molecule has 0 saturated carbocycles. The van der Waals surface area contributed by atoms with Crippen LogP contribution in [-0.4, -0.2) is 9.52 Å². The third-order valence-corrected chi connectivity index (χ3v) is 9.96. The average Bonchev–Trinajstić information content (AvgIpc) is 3.69. The van der Waals surface area contributed by atoms with Crippen molar-refractivity contribution in [1.29, 1.82) is 0 Å². The van der Waals surface area contributed by atoms with Gasteiger partial charge in [-0.05, 0) is 98.9 Å². The van der Waals surface area contributed by atoms with E-state index in [9.17, 15) is 0 Å². The minimum atomic E-state index is 0. The number of unbranched alkanes of at least 4 members (excludes halogenated alkanes) is 2. The maximum atomic E-state index is 2.40. The minimum Gasteiger partial charge on any atom is -0.164 e. The van der Waals surface area contributed by atoms with Crippen molar-refractivity contribution >= 4 is 31.1 Å². The van der Waals surface area contributed by atoms with E-state index >= 15 is 0 Å². The molecule has 0 aliphatic carbocycles. The molecule has 51 heavy (non-hydrogen) atoms. The summed E-state index contributed by atoms with van der Waals surface area (Å²) in [5.41, 5.74) is 16.8. The van der Waals surface area contributed by atoms with Gasteiger partial charge in [0.1, 0.15) is 0 Å². The van der Waals surface area contributed by atoms with E-state index in [1.807, 2.05) is 0 Å². The molecular weight excluding hydrogens is 945 g/mol. The molecule has 0 amide bonds. The number of benzene rings is 4. The number of hydrogen-bond acceptors (Lipinski definition) is 0. The molecule has 6 aromatic carbocycles. The van der Waals surface area contributed by atoms with E-state index < -0.39 is 0 Å². The Morgan fingerprint density at radius 3 is 1.16 bits per heavy atom. The topological polar surface area (TPSA) is 0 Å². The summed E-state index contributed by atoms with van der Waals surface area (Å²) >= 11 is 0. The molecule has 5 heteroatoms. The van der Waals surface area contributed by atoms with Crippen molar-refractivity contribution in [3.05, 3.63) is 129 Å². The summed E-state index contributed by atoms with van der Waals surface area (Å²) in [7, 11) is 1.08. The Labute approximate surface area is 389 Å². The molecule has 0 fully saturated rings. The molecule has 0 saturated heterocycles. The van der Waals surface area contributed by atoms with Crippen molar-refractivity contribution in [3.8, 4) is 22.3 Å². The molecule has 0 atom stereocenters. The van der Waals surface area contributed by atoms with Crippen LogP contribution in [0.3, 0.4) is 0 Å². The molecule has 0 spiro atoms. The second kappa shape index (κ2) is 25.1. The minimum absolute atomic E-state index is 0. The second-order valence-corrected chi connectivity index (χ2v) is 14.4. The molecule has 0 aliphatic rings. The van der Waals surface area contributed by atoms with Gasteiger partial charge in [0.05, 0.1) is 0 Å². The third-order valence-electron chi connectivity index (χ3n) is 9.96. The number of rotatable bonds is 8. The maximum Gasteiger partial charge on any atom is 0.0307 e. The van der Waals surface area contributed by atoms with E-state index in [1.54, 1.807) is 0 Å². The first-order chi connectivity index (χ1) is 22.6. The van der Waals surface area contributed by atoms with E-state index in [2.05, 4.69) is 153 Å². The van der Waals surface area contributed by atoms with Crippen LogP contribution in [0.1, 0.15) is 84.0 Å². The van der Waals surface area contributed by atoms with Gasteiger partial charge in [-0.3, -0.25) is 0 Å². The van der Waals surface area contributed by atoms with Crippen LogP contribution in [0, 0.1) is 41.5 Å². The van der Waals surface area contributed by atoms with Gasteiger partial charge in [0.2, 0.25) is 0 Å². The predicted octanol–water partition coefficient (Wildman–Crippen LogP) is 13.8. The SMILES string of the molecule is CCCCc1cc2c(-c3ccc(C)c(C)c3C)cccc2[cH-]1.CCCCc1cc2c(-c3ccc(C)c(C)c3C)cccc2[cH-]1.C[Si]C.[Zr].[Zr].[Zr].[Zr]. The van der Waals surface area contributed by atoms with Crippen LogP contribution in [0.5, 0.6) is 0 Å². The van der Waals surface area contributed by atoms with Gasteiger partial charge >= 0.3 is 0 Å². The molecule has 0 aliphatic heterocycles. The molecule has 0 nitrogen and oxygen atoms in total. The molecule has 0 bridgehead atoms. The van der Waals surface area contributed by atoms with E-state index in [-0.39, 0.29) is 105 Å². The monoisotopic (exact) mass is 996 g/mol. The Hall–Kier alpha value is -0.151. The summed E-state index contributed by atoms with van der Waals surface area (Å²) in [6, 6.07) is 32.0. The third kappa shape index (κ3) is 13.0. The summed E-state index contributed by atoms with van der Waals surface area (Å²) in [4.78, 5) is 0. The van der Waals surface area contributed by atoms with Gasteiger partial charge in [0.25, 0.3) is 0 Å². The second-order valence-electron chi connectivity index (χ2n) is 13.4. The van der Waals surface area contributed by atoms with E-state index in [1.165, 1.54) is 127 Å². The maximum absolute atomic E-state index is 2.40. The molecule has 0 N–H and O–H groups in total. The molecule has 262 valence electrons. The van der Waals surface area contributed by atoms with Gasteiger partial charge < -0.3 is 0 Å². The zero-order valence-corrected chi connectivity index (χ0v) is 43.7. The quantitative estimate of drug-likeness (QED) is 0.105. The van der Waals surface area contributed by atoms with Crippen molar-refractivity contribution in [2.75, 3.05) is 0 Å². The van der Waals surface area contributed by atoms with Crippen LogP contribution in [0.4, 0.5) is 0 Å². The molecule has 2 radical (unpaired) electrons. The van der Waals surface area contributed by atoms with E-state index in [0.29, 0.717) is 0 Å². The predicted molar refractivity (Wildman–Crippen MR) is 213 cm³/mol. The summed E-state index contributed by atoms with van der Waals surface area (Å²) in [5, 5.41) is 5.56. The van der Waals surface area contributed by atoms with E-state index in [0.717, 1.165) is 9.52 Å². The molecule has 0 aromatic heterocycles. The normalized spacial score (nSPS) is 10.1. The molecule has 0 unspecified atom stereocenters. The van der Waals surface area contributed by atoms with Gasteiger partial charge in [0, 0.05) is 114 Å². The summed E-state index contributed by atoms with van der Waals surface area (Å²) in [5.74, 6) is 0. The number of fused-ring (bicyclic) bond motifs is 2. The Morgan fingerprint density at radius 1 is 0.471 bits per heavy atom. The first-order valence-corrected chi connectivity index (χ1v) is 19.7. The molecular formula is C46H56SiZr4-2. The van der Waals surface area contributed by atoms with Crippen molar-refractivity contribution in [2.24, 2.45) is 0 Å². The Morgan fingerprint density at radius 2 is 0.824 bits per heavy atom. The fraction of sp³-hybridized carbons (Fsp3) is 0.348. The van der Waals surface area contributed by atoms with Gasteiger partial charge in [0.15, 0.2) is 0 Å². The van der Waals surface area contributed by atoms with Gasteiger partial charge in [-0.2, -0.15) is 12.1 Å².